The third-order valence-corrected chi connectivity index (χ3v) is 29.0. The van der Waals surface area contributed by atoms with Gasteiger partial charge in [-0.05, 0) is 139 Å². The molecule has 0 bridgehead atoms. The molecule has 15 heteroatoms. The van der Waals surface area contributed by atoms with E-state index in [0.717, 1.165) is 97.5 Å². The molecule has 9 nitrogen and oxygen atoms in total. The minimum atomic E-state index is -5.20. The Labute approximate surface area is 775 Å². The summed E-state index contributed by atoms with van der Waals surface area (Å²) in [6.07, 6.45) is -10.3. The first-order chi connectivity index (χ1) is 67.4. The number of halogens is 6. The standard InChI is InChI=1S/C122H71F6N9/c123-121(124,125)112-114(131-96-53-21-5-37-78(96)79-38-6-22-54-97(79)131)110(129-92-49-17-1-33-74(92)75-34-2-18-50-93(75)129)71-111(130-94-51-19-3-35-76(94)77-36-4-20-52-95(77)130)115(112)132-106-63-31-15-47-88(106)90-69-72(65-67-108(90)132)73-66-68-109-91(70-73)89-48-16-32-64-107(89)134(109)117-113(122(126,127)128)116(133-98-55-23-7-39-80(98)81-40-8-24-56-99(81)133)118(135-100-57-25-9-41-82(100)83-42-10-26-58-101(83)135)120(137-104-61-29-13-45-86(104)87-46-14-30-62-105(87)137)119(117)136-102-59-27-11-43-84(102)85-44-12-28-60-103(85)136/h1-71H. The third-order valence-electron chi connectivity index (χ3n) is 29.0. The van der Waals surface area contributed by atoms with Crippen molar-refractivity contribution in [3.8, 4) is 62.3 Å². The molecule has 29 rings (SSSR count). The van der Waals surface area contributed by atoms with Gasteiger partial charge >= 0.3 is 12.4 Å². The van der Waals surface area contributed by atoms with E-state index in [9.17, 15) is 0 Å². The largest absolute Gasteiger partial charge is 0.420 e. The molecule has 0 saturated heterocycles. The molecule has 0 amide bonds. The molecule has 9 heterocycles. The Bertz CT molecular complexity index is 9960. The monoisotopic (exact) mass is 1780 g/mol. The molecule has 0 aliphatic heterocycles. The molecule has 20 aromatic carbocycles. The smallest absolute Gasteiger partial charge is 0.307 e. The van der Waals surface area contributed by atoms with Gasteiger partial charge < -0.3 is 41.1 Å². The van der Waals surface area contributed by atoms with E-state index < -0.39 is 23.5 Å². The highest BCUT2D eigenvalue weighted by atomic mass is 19.4. The summed E-state index contributed by atoms with van der Waals surface area (Å²) in [6.45, 7) is 0. The van der Waals surface area contributed by atoms with Crippen LogP contribution in [0.15, 0.2) is 431 Å². The van der Waals surface area contributed by atoms with E-state index in [1.165, 1.54) is 0 Å². The summed E-state index contributed by atoms with van der Waals surface area (Å²) in [5.74, 6) is 0. The summed E-state index contributed by atoms with van der Waals surface area (Å²) in [4.78, 5) is 0. The highest BCUT2D eigenvalue weighted by Gasteiger charge is 2.48. The number of aromatic nitrogens is 9. The van der Waals surface area contributed by atoms with Gasteiger partial charge in [0.2, 0.25) is 0 Å². The number of rotatable bonds is 10. The Kier molecular flexibility index (Phi) is 15.9. The number of nitrogens with zero attached hydrogens (tertiary/aromatic N) is 9. The number of fused-ring (bicyclic) bond motifs is 27. The zero-order chi connectivity index (χ0) is 90.7. The minimum absolute atomic E-state index is 0.0644. The average Bonchev–Trinajstić information content (AvgIpc) is 1.53. The lowest BCUT2D eigenvalue weighted by Crippen LogP contribution is -2.23. The maximum Gasteiger partial charge on any atom is 0.420 e. The van der Waals surface area contributed by atoms with E-state index in [1.54, 1.807) is 0 Å². The van der Waals surface area contributed by atoms with Gasteiger partial charge in [-0.1, -0.05) is 303 Å². The lowest BCUT2D eigenvalue weighted by molar-refractivity contribution is -0.138. The molecule has 0 unspecified atom stereocenters. The predicted molar refractivity (Wildman–Crippen MR) is 551 cm³/mol. The van der Waals surface area contributed by atoms with Gasteiger partial charge in [0.25, 0.3) is 0 Å². The van der Waals surface area contributed by atoms with Crippen LogP contribution in [0.1, 0.15) is 11.1 Å². The molecule has 646 valence electrons. The second-order valence-electron chi connectivity index (χ2n) is 35.9. The van der Waals surface area contributed by atoms with Crippen molar-refractivity contribution in [2.75, 3.05) is 0 Å². The van der Waals surface area contributed by atoms with Gasteiger partial charge in [0.1, 0.15) is 11.1 Å². The fraction of sp³-hybridized carbons (Fsp3) is 0.0164. The van der Waals surface area contributed by atoms with Crippen LogP contribution in [0.2, 0.25) is 0 Å². The number of para-hydroxylation sites is 16. The van der Waals surface area contributed by atoms with E-state index in [4.69, 9.17) is 0 Å². The van der Waals surface area contributed by atoms with Crippen LogP contribution in [0, 0.1) is 0 Å². The lowest BCUT2D eigenvalue weighted by Gasteiger charge is -2.32. The van der Waals surface area contributed by atoms with Crippen molar-refractivity contribution in [3.63, 3.8) is 0 Å². The fourth-order valence-corrected chi connectivity index (χ4v) is 23.7. The van der Waals surface area contributed by atoms with Gasteiger partial charge in [-0.15, -0.1) is 0 Å². The van der Waals surface area contributed by atoms with Crippen molar-refractivity contribution in [2.45, 2.75) is 12.4 Å². The number of alkyl halides is 6. The topological polar surface area (TPSA) is 44.4 Å². The zero-order valence-electron chi connectivity index (χ0n) is 72.8. The average molecular weight is 1780 g/mol. The molecule has 0 spiro atoms. The Balaban J connectivity index is 0.758. The Hall–Kier alpha value is -17.8. The summed E-state index contributed by atoms with van der Waals surface area (Å²) >= 11 is 0. The van der Waals surface area contributed by atoms with Crippen LogP contribution in [0.4, 0.5) is 26.3 Å². The van der Waals surface area contributed by atoms with Gasteiger partial charge in [0.15, 0.2) is 0 Å². The summed E-state index contributed by atoms with van der Waals surface area (Å²) in [7, 11) is 0. The maximum absolute atomic E-state index is 19.8. The predicted octanol–water partition coefficient (Wildman–Crippen LogP) is 33.3. The Morgan fingerprint density at radius 1 is 0.124 bits per heavy atom. The van der Waals surface area contributed by atoms with Gasteiger partial charge in [0, 0.05) is 97.0 Å². The molecule has 0 aliphatic carbocycles. The van der Waals surface area contributed by atoms with Crippen LogP contribution in [0.5, 0.6) is 0 Å². The molecule has 0 saturated carbocycles. The van der Waals surface area contributed by atoms with E-state index in [0.29, 0.717) is 121 Å². The van der Waals surface area contributed by atoms with E-state index in [1.807, 2.05) is 397 Å². The maximum atomic E-state index is 19.8. The first-order valence-electron chi connectivity index (χ1n) is 46.0. The van der Waals surface area contributed by atoms with Gasteiger partial charge in [-0.2, -0.15) is 26.3 Å². The summed E-state index contributed by atoms with van der Waals surface area (Å²) in [5, 5.41) is 14.5. The molecule has 137 heavy (non-hydrogen) atoms. The molecule has 0 atom stereocenters. The van der Waals surface area contributed by atoms with Crippen LogP contribution < -0.4 is 0 Å². The van der Waals surface area contributed by atoms with Crippen molar-refractivity contribution in [3.05, 3.63) is 442 Å². The Morgan fingerprint density at radius 2 is 0.263 bits per heavy atom. The first-order valence-corrected chi connectivity index (χ1v) is 46.0. The number of benzene rings is 20. The quantitative estimate of drug-likeness (QED) is 0.123. The van der Waals surface area contributed by atoms with Crippen molar-refractivity contribution in [1.29, 1.82) is 0 Å². The molecular formula is C122H71F6N9. The fourth-order valence-electron chi connectivity index (χ4n) is 23.7. The van der Waals surface area contributed by atoms with Crippen molar-refractivity contribution < 1.29 is 26.3 Å². The van der Waals surface area contributed by atoms with Crippen molar-refractivity contribution in [2.24, 2.45) is 0 Å². The molecule has 0 N–H and O–H groups in total. The minimum Gasteiger partial charge on any atom is -0.307 e. The lowest BCUT2D eigenvalue weighted by atomic mass is 9.99. The second-order valence-corrected chi connectivity index (χ2v) is 35.9. The molecule has 9 aromatic heterocycles. The van der Waals surface area contributed by atoms with Gasteiger partial charge in [-0.25, -0.2) is 0 Å². The van der Waals surface area contributed by atoms with Crippen LogP contribution in [0.25, 0.3) is 259 Å². The summed E-state index contributed by atoms with van der Waals surface area (Å²) in [5.41, 5.74) is 12.4. The molecule has 0 radical (unpaired) electrons. The van der Waals surface area contributed by atoms with E-state index in [2.05, 4.69) is 74.4 Å². The molecule has 0 fully saturated rings. The second kappa shape index (κ2) is 28.4. The molecule has 29 aromatic rings. The van der Waals surface area contributed by atoms with Crippen LogP contribution in [-0.2, 0) is 12.4 Å². The number of hydrogen-bond acceptors (Lipinski definition) is 0. The zero-order valence-corrected chi connectivity index (χ0v) is 72.8. The number of hydrogen-bond donors (Lipinski definition) is 0. The molecular weight excluding hydrogens is 1710 g/mol. The van der Waals surface area contributed by atoms with Crippen molar-refractivity contribution >= 4 is 196 Å². The molecule has 0 aliphatic rings. The SMILES string of the molecule is FC(F)(F)c1c(-n2c3ccccc3c3ccccc32)c(-n2c3ccccc3c3ccccc32)cc(-n2c3ccccc3c3ccccc32)c1-n1c2ccccc2c2cc(-c3ccc4c(c3)c3ccccc3n4-c3c(-n4c5ccccc5c5ccccc54)c(-n4c5ccccc5c5ccccc54)c(-n4c5ccccc5c5ccccc54)c(-n4c5ccccc5c5ccccc54)c3C(F)(F)F)ccc21. The first kappa shape index (κ1) is 76.8. The highest BCUT2D eigenvalue weighted by molar-refractivity contribution is 6.21. The van der Waals surface area contributed by atoms with Gasteiger partial charge in [-0.3, -0.25) is 0 Å². The Morgan fingerprint density at radius 3 is 0.453 bits per heavy atom. The van der Waals surface area contributed by atoms with Crippen LogP contribution in [0.3, 0.4) is 0 Å². The summed E-state index contributed by atoms with van der Waals surface area (Å²) < 4.78 is 134. The van der Waals surface area contributed by atoms with Crippen LogP contribution in [-0.4, -0.2) is 41.1 Å². The van der Waals surface area contributed by atoms with E-state index >= 15 is 26.3 Å². The highest BCUT2D eigenvalue weighted by Crippen LogP contribution is 2.58. The summed E-state index contributed by atoms with van der Waals surface area (Å²) in [6, 6.07) is 141. The van der Waals surface area contributed by atoms with E-state index in [-0.39, 0.29) is 39.8 Å². The normalized spacial score (nSPS) is 12.6. The van der Waals surface area contributed by atoms with Crippen LogP contribution >= 0.6 is 0 Å². The van der Waals surface area contributed by atoms with Crippen molar-refractivity contribution in [1.82, 2.24) is 41.1 Å². The third kappa shape index (κ3) is 10.6. The van der Waals surface area contributed by atoms with Gasteiger partial charge in [0.05, 0.1) is 150 Å².